The van der Waals surface area contributed by atoms with Gasteiger partial charge in [-0.3, -0.25) is 13.7 Å². The van der Waals surface area contributed by atoms with E-state index in [-0.39, 0.29) is 5.82 Å². The number of halogens is 2. The largest absolute Gasteiger partial charge is 0.371 e. The smallest absolute Gasteiger partial charge is 0.185 e. The van der Waals surface area contributed by atoms with E-state index in [1.165, 1.54) is 70.8 Å². The van der Waals surface area contributed by atoms with E-state index in [1.807, 2.05) is 73.1 Å². The van der Waals surface area contributed by atoms with Crippen LogP contribution in [0.25, 0.3) is 85.0 Å². The van der Waals surface area contributed by atoms with Crippen molar-refractivity contribution >= 4 is 28.7 Å². The Bertz CT molecular complexity index is 5130. The molecule has 20 heteroatoms. The summed E-state index contributed by atoms with van der Waals surface area (Å²) in [7, 11) is 0. The molecule has 0 saturated carbocycles. The molecule has 6 aliphatic heterocycles. The van der Waals surface area contributed by atoms with Crippen LogP contribution < -0.4 is 25.3 Å². The Morgan fingerprint density at radius 1 is 0.529 bits per heavy atom. The topological polar surface area (TPSA) is 175 Å². The fourth-order valence-electron chi connectivity index (χ4n) is 15.3. The van der Waals surface area contributed by atoms with Crippen LogP contribution in [0.2, 0.25) is 5.15 Å². The molecule has 0 spiro atoms. The number of fused-ring (bicyclic) bond motifs is 15. The van der Waals surface area contributed by atoms with E-state index in [2.05, 4.69) is 205 Å². The summed E-state index contributed by atoms with van der Waals surface area (Å²) in [6, 6.07) is 54.1. The van der Waals surface area contributed by atoms with Gasteiger partial charge >= 0.3 is 0 Å². The van der Waals surface area contributed by atoms with Crippen molar-refractivity contribution in [1.29, 1.82) is 10.5 Å². The normalized spacial score (nSPS) is 16.6. The average molecular weight is 1370 g/mol. The highest BCUT2D eigenvalue weighted by Crippen LogP contribution is 2.43. The number of nitrogens with one attached hydrogen (secondary N) is 2. The van der Waals surface area contributed by atoms with Gasteiger partial charge in [-0.2, -0.15) is 10.5 Å². The van der Waals surface area contributed by atoms with Crippen LogP contribution in [-0.4, -0.2) is 117 Å². The van der Waals surface area contributed by atoms with Crippen molar-refractivity contribution in [3.8, 4) is 97.1 Å². The quantitative estimate of drug-likeness (QED) is 0.106. The van der Waals surface area contributed by atoms with Gasteiger partial charge in [-0.15, -0.1) is 20.4 Å². The van der Waals surface area contributed by atoms with E-state index in [4.69, 9.17) is 27.1 Å². The van der Waals surface area contributed by atoms with Crippen molar-refractivity contribution in [2.75, 3.05) is 67.1 Å². The zero-order valence-corrected chi connectivity index (χ0v) is 59.0. The first-order chi connectivity index (χ1) is 49.8. The van der Waals surface area contributed by atoms with Crippen molar-refractivity contribution in [2.24, 2.45) is 17.8 Å². The number of hydrogen-bond donors (Lipinski definition) is 2. The number of rotatable bonds is 14. The lowest BCUT2D eigenvalue weighted by Gasteiger charge is -2.39. The predicted octanol–water partition coefficient (Wildman–Crippen LogP) is 15.3. The minimum atomic E-state index is -0.216. The molecule has 0 amide bonds. The molecule has 6 aromatic heterocycles. The maximum atomic E-state index is 13.5. The Hall–Kier alpha value is -10.8. The Morgan fingerprint density at radius 3 is 1.51 bits per heavy atom. The maximum Gasteiger partial charge on any atom is 0.185 e. The number of nitrogens with zero attached hydrogens (tertiary/aromatic N) is 16. The van der Waals surface area contributed by atoms with Gasteiger partial charge in [0.15, 0.2) is 17.5 Å². The summed E-state index contributed by atoms with van der Waals surface area (Å²) >= 11 is 7.00. The monoisotopic (exact) mass is 1370 g/mol. The van der Waals surface area contributed by atoms with Gasteiger partial charge in [0.2, 0.25) is 0 Å². The highest BCUT2D eigenvalue weighted by molar-refractivity contribution is 6.32. The molecule has 4 atom stereocenters. The molecule has 3 saturated heterocycles. The van der Waals surface area contributed by atoms with Crippen molar-refractivity contribution in [3.05, 3.63) is 222 Å². The van der Waals surface area contributed by atoms with Gasteiger partial charge in [0, 0.05) is 123 Å². The molecule has 18 nitrogen and oxygen atoms in total. The molecule has 12 aromatic rings. The Labute approximate surface area is 599 Å². The van der Waals surface area contributed by atoms with E-state index < -0.39 is 0 Å². The fraction of sp³-hybridized carbons (Fsp3) is 0.305. The molecule has 18 rings (SSSR count). The summed E-state index contributed by atoms with van der Waals surface area (Å²) in [6.07, 6.45) is 16.6. The zero-order valence-electron chi connectivity index (χ0n) is 58.2. The molecule has 6 aliphatic rings. The van der Waals surface area contributed by atoms with Crippen LogP contribution in [0.5, 0.6) is 0 Å². The second kappa shape index (κ2) is 27.9. The third-order valence-corrected chi connectivity index (χ3v) is 21.9. The third kappa shape index (κ3) is 12.9. The summed E-state index contributed by atoms with van der Waals surface area (Å²) in [5.74, 6) is 4.45. The first-order valence-electron chi connectivity index (χ1n) is 35.9. The maximum absolute atomic E-state index is 13.5. The lowest BCUT2D eigenvalue weighted by atomic mass is 10.0. The molecule has 0 bridgehead atoms. The summed E-state index contributed by atoms with van der Waals surface area (Å²) in [5, 5.41) is 43.6. The number of nitriles is 2. The van der Waals surface area contributed by atoms with Crippen molar-refractivity contribution in [3.63, 3.8) is 0 Å². The molecule has 514 valence electrons. The molecule has 0 unspecified atom stereocenters. The standard InChI is InChI=1S/C29H30ClN7.C29H32FN5.C24H20N6/c1-3-19(2)32-15-21-10-11-35(16-21)24-8-9-26-23(12-24)17-36-27(29-34-33-18-37(26)29)13-25(28(36)30)22-6-4-20(14-31)5-7-22;1-3-20(2)32-16-21-10-12-33(17-21)26-8-9-27-24(14-26)19-34-18-23(22-4-6-25(30)7-5-22)15-28(34)29-31-11-13-35(27)29;1-16-11-28(12-16)21-6-7-22-20(8-21)14-29-13-19(18-4-2-17(10-25)3-5-18)9-23(29)24-27-26-15-30(22)24/h4-9,12-13,18-19,21,32H,3,10-11,15-17H2,1-2H3;4-9,11,13-15,18,20-21,32H,3,10,12,16-17,19H2,1-2H3;2-9,13,15-16H,11-12,14H2,1H3/t19-,21-;20-,21-;/m11./s1. The SMILES string of the molecule is CC1CN(c2ccc3c(c2)Cn2cc(-c4ccc(C#N)cc4)cc2-c2nncn2-3)C1.CC[C@@H](C)NC[C@H]1CCN(c2ccc3c(c2)Cn2c(cc(-c4ccc(C#N)cc4)c2Cl)-c2nncn2-3)C1.CC[C@@H](C)NC[C@H]1CCN(c2ccc3c(c2)Cn2cc(-c4ccc(F)cc4)cc2-c2nccn2-3)C1. The molecule has 0 aliphatic carbocycles. The van der Waals surface area contributed by atoms with Crippen molar-refractivity contribution in [1.82, 2.24) is 63.4 Å². The lowest BCUT2D eigenvalue weighted by Crippen LogP contribution is -2.45. The first kappa shape index (κ1) is 65.8. The van der Waals surface area contributed by atoms with Crippen LogP contribution >= 0.6 is 11.6 Å². The molecular formula is C82H82ClFN18. The Morgan fingerprint density at radius 2 is 1.00 bits per heavy atom. The van der Waals surface area contributed by atoms with Crippen molar-refractivity contribution in [2.45, 2.75) is 92.0 Å². The van der Waals surface area contributed by atoms with E-state index in [9.17, 15) is 4.39 Å². The van der Waals surface area contributed by atoms with Gasteiger partial charge < -0.3 is 39.0 Å². The number of aromatic nitrogens is 11. The van der Waals surface area contributed by atoms with E-state index in [1.54, 1.807) is 12.7 Å². The summed E-state index contributed by atoms with van der Waals surface area (Å²) in [4.78, 5) is 12.2. The molecular weight excluding hydrogens is 1290 g/mol. The van der Waals surface area contributed by atoms with E-state index in [0.29, 0.717) is 46.7 Å². The summed E-state index contributed by atoms with van der Waals surface area (Å²) in [5.41, 5.74) is 21.5. The third-order valence-electron chi connectivity index (χ3n) is 21.5. The number of benzene rings is 6. The van der Waals surface area contributed by atoms with Gasteiger partial charge in [0.05, 0.1) is 64.0 Å². The molecule has 3 fully saturated rings. The lowest BCUT2D eigenvalue weighted by molar-refractivity contribution is 0.447. The Balaban J connectivity index is 0.000000119. The fourth-order valence-corrected chi connectivity index (χ4v) is 15.6. The average Bonchev–Trinajstić information content (AvgIpc) is 1.67. The predicted molar refractivity (Wildman–Crippen MR) is 402 cm³/mol. The number of imidazole rings is 1. The minimum Gasteiger partial charge on any atom is -0.371 e. The van der Waals surface area contributed by atoms with Crippen LogP contribution in [0, 0.1) is 46.2 Å². The van der Waals surface area contributed by atoms with Crippen LogP contribution in [-0.2, 0) is 19.6 Å². The summed E-state index contributed by atoms with van der Waals surface area (Å²) in [6.45, 7) is 22.2. The van der Waals surface area contributed by atoms with Gasteiger partial charge in [-0.05, 0) is 213 Å². The number of anilines is 3. The number of hydrogen-bond acceptors (Lipinski definition) is 12. The van der Waals surface area contributed by atoms with Crippen LogP contribution in [0.4, 0.5) is 21.5 Å². The molecule has 102 heavy (non-hydrogen) atoms. The minimum absolute atomic E-state index is 0.216. The zero-order chi connectivity index (χ0) is 69.7. The van der Waals surface area contributed by atoms with Crippen LogP contribution in [0.1, 0.15) is 88.1 Å². The molecule has 12 heterocycles. The highest BCUT2D eigenvalue weighted by atomic mass is 35.5. The van der Waals surface area contributed by atoms with Crippen molar-refractivity contribution < 1.29 is 4.39 Å². The van der Waals surface area contributed by atoms with Gasteiger partial charge in [0.1, 0.15) is 23.6 Å². The second-order valence-electron chi connectivity index (χ2n) is 28.4. The first-order valence-corrected chi connectivity index (χ1v) is 36.2. The Kier molecular flexibility index (Phi) is 18.0. The molecule has 0 radical (unpaired) electrons. The highest BCUT2D eigenvalue weighted by Gasteiger charge is 2.31. The van der Waals surface area contributed by atoms with Crippen LogP contribution in [0.15, 0.2) is 183 Å². The van der Waals surface area contributed by atoms with Gasteiger partial charge in [0.25, 0.3) is 0 Å². The summed E-state index contributed by atoms with van der Waals surface area (Å²) < 4.78 is 26.4. The van der Waals surface area contributed by atoms with Gasteiger partial charge in [-0.1, -0.05) is 68.8 Å². The van der Waals surface area contributed by atoms with Crippen LogP contribution in [0.3, 0.4) is 0 Å². The van der Waals surface area contributed by atoms with Gasteiger partial charge in [-0.25, -0.2) is 9.37 Å². The van der Waals surface area contributed by atoms with E-state index in [0.717, 1.165) is 157 Å². The second-order valence-corrected chi connectivity index (χ2v) is 28.8. The molecule has 6 aromatic carbocycles. The van der Waals surface area contributed by atoms with E-state index >= 15 is 0 Å². The molecule has 2 N–H and O–H groups in total.